The molecule has 1 aromatic rings. The van der Waals surface area contributed by atoms with Gasteiger partial charge in [0, 0.05) is 12.4 Å². The van der Waals surface area contributed by atoms with E-state index >= 15 is 0 Å². The van der Waals surface area contributed by atoms with Crippen molar-refractivity contribution in [3.63, 3.8) is 0 Å². The smallest absolute Gasteiger partial charge is 0.282 e. The molecule has 0 saturated heterocycles. The van der Waals surface area contributed by atoms with E-state index in [4.69, 9.17) is 4.55 Å². The second-order valence-corrected chi connectivity index (χ2v) is 3.08. The maximum Gasteiger partial charge on any atom is 0.294 e. The third-order valence-corrected chi connectivity index (χ3v) is 1.82. The normalized spacial score (nSPS) is 10.3. The lowest BCUT2D eigenvalue weighted by atomic mass is 10.5. The van der Waals surface area contributed by atoms with Crippen LogP contribution in [0.5, 0.6) is 0 Å². The molecule has 5 heteroatoms. The van der Waals surface area contributed by atoms with Gasteiger partial charge in [-0.2, -0.15) is 8.42 Å². The summed E-state index contributed by atoms with van der Waals surface area (Å²) in [5.41, 5.74) is 0. The second-order valence-electron chi connectivity index (χ2n) is 1.66. The number of hydrogen-bond donors (Lipinski definition) is 1. The summed E-state index contributed by atoms with van der Waals surface area (Å²) in [7, 11) is -4.04. The van der Waals surface area contributed by atoms with Crippen molar-refractivity contribution in [2.75, 3.05) is 0 Å². The molecule has 0 aliphatic carbocycles. The van der Waals surface area contributed by atoms with E-state index in [2.05, 4.69) is 4.98 Å². The minimum atomic E-state index is -4.04. The molecule has 0 aliphatic heterocycles. The van der Waals surface area contributed by atoms with Gasteiger partial charge < -0.3 is 0 Å². The Bertz CT molecular complexity index is 306. The molecule has 0 saturated carbocycles. The van der Waals surface area contributed by atoms with Crippen molar-refractivity contribution in [3.8, 4) is 0 Å². The highest BCUT2D eigenvalue weighted by atomic mass is 32.2. The summed E-state index contributed by atoms with van der Waals surface area (Å²) in [6.45, 7) is 0. The van der Waals surface area contributed by atoms with Crippen molar-refractivity contribution in [1.82, 2.24) is 4.98 Å². The first-order valence-electron chi connectivity index (χ1n) is 2.48. The molecule has 0 aliphatic rings. The number of aromatic nitrogens is 1. The fraction of sp³-hybridized carbons (Fsp3) is 0.167. The monoisotopic (exact) mass is 175 g/mol. The zero-order chi connectivity index (χ0) is 7.61. The van der Waals surface area contributed by atoms with Gasteiger partial charge in [-0.1, -0.05) is 7.43 Å². The van der Waals surface area contributed by atoms with E-state index in [9.17, 15) is 8.42 Å². The van der Waals surface area contributed by atoms with Gasteiger partial charge in [0.05, 0.1) is 4.90 Å². The predicted molar refractivity (Wildman–Crippen MR) is 40.8 cm³/mol. The zero-order valence-corrected chi connectivity index (χ0v) is 5.75. The topological polar surface area (TPSA) is 67.3 Å². The van der Waals surface area contributed by atoms with E-state index in [-0.39, 0.29) is 12.3 Å². The number of rotatable bonds is 1. The number of hydrogen-bond acceptors (Lipinski definition) is 3. The summed E-state index contributed by atoms with van der Waals surface area (Å²) in [5.74, 6) is 0. The van der Waals surface area contributed by atoms with Crippen LogP contribution in [0.25, 0.3) is 0 Å². The molecule has 0 spiro atoms. The van der Waals surface area contributed by atoms with E-state index in [1.807, 2.05) is 0 Å². The zero-order valence-electron chi connectivity index (χ0n) is 4.93. The lowest BCUT2D eigenvalue weighted by molar-refractivity contribution is 0.483. The van der Waals surface area contributed by atoms with E-state index in [1.165, 1.54) is 24.5 Å². The molecule has 1 rings (SSSR count). The van der Waals surface area contributed by atoms with Crippen molar-refractivity contribution < 1.29 is 13.0 Å². The van der Waals surface area contributed by atoms with Gasteiger partial charge in [-0.15, -0.1) is 0 Å². The standard InChI is InChI=1S/C5H5NO3S.CH4/c7-10(8,9)5-1-3-6-4-2-5;/h1-4H,(H,7,8,9);1H4. The van der Waals surface area contributed by atoms with Crippen LogP contribution in [0.3, 0.4) is 0 Å². The predicted octanol–water partition coefficient (Wildman–Crippen LogP) is 0.964. The van der Waals surface area contributed by atoms with E-state index in [0.717, 1.165) is 0 Å². The summed E-state index contributed by atoms with van der Waals surface area (Å²) < 4.78 is 29.2. The first kappa shape index (κ1) is 10.1. The molecular formula is C6H9NO3S. The van der Waals surface area contributed by atoms with Crippen LogP contribution in [0.15, 0.2) is 29.4 Å². The Kier molecular flexibility index (Phi) is 3.16. The number of pyridine rings is 1. The Morgan fingerprint density at radius 1 is 1.27 bits per heavy atom. The van der Waals surface area contributed by atoms with Gasteiger partial charge in [-0.3, -0.25) is 9.54 Å². The van der Waals surface area contributed by atoms with Crippen molar-refractivity contribution in [2.45, 2.75) is 12.3 Å². The molecule has 0 bridgehead atoms. The van der Waals surface area contributed by atoms with Crippen molar-refractivity contribution >= 4 is 10.1 Å². The van der Waals surface area contributed by atoms with Crippen LogP contribution in [0.1, 0.15) is 7.43 Å². The van der Waals surface area contributed by atoms with Gasteiger partial charge in [-0.25, -0.2) is 0 Å². The Morgan fingerprint density at radius 2 is 1.73 bits per heavy atom. The Hall–Kier alpha value is -0.940. The summed E-state index contributed by atoms with van der Waals surface area (Å²) in [5, 5.41) is 0. The van der Waals surface area contributed by atoms with Crippen molar-refractivity contribution in [3.05, 3.63) is 24.5 Å². The molecule has 1 N–H and O–H groups in total. The maximum absolute atomic E-state index is 10.4. The van der Waals surface area contributed by atoms with Crippen LogP contribution in [-0.4, -0.2) is 18.0 Å². The van der Waals surface area contributed by atoms with E-state index in [1.54, 1.807) is 0 Å². The largest absolute Gasteiger partial charge is 0.294 e. The summed E-state index contributed by atoms with van der Waals surface area (Å²) >= 11 is 0. The van der Waals surface area contributed by atoms with Crippen molar-refractivity contribution in [1.29, 1.82) is 0 Å². The summed E-state index contributed by atoms with van der Waals surface area (Å²) in [6.07, 6.45) is 2.59. The quantitative estimate of drug-likeness (QED) is 0.645. The van der Waals surface area contributed by atoms with Crippen LogP contribution in [0.2, 0.25) is 0 Å². The van der Waals surface area contributed by atoms with Gasteiger partial charge >= 0.3 is 0 Å². The third-order valence-electron chi connectivity index (χ3n) is 0.948. The molecule has 4 nitrogen and oxygen atoms in total. The lowest BCUT2D eigenvalue weighted by Crippen LogP contribution is -1.96. The average Bonchev–Trinajstić information content (AvgIpc) is 1.88. The lowest BCUT2D eigenvalue weighted by Gasteiger charge is -1.91. The Morgan fingerprint density at radius 3 is 2.00 bits per heavy atom. The summed E-state index contributed by atoms with van der Waals surface area (Å²) in [4.78, 5) is 3.45. The molecule has 1 heterocycles. The van der Waals surface area contributed by atoms with Crippen LogP contribution in [0, 0.1) is 0 Å². The van der Waals surface area contributed by atoms with E-state index in [0.29, 0.717) is 0 Å². The van der Waals surface area contributed by atoms with E-state index < -0.39 is 10.1 Å². The number of nitrogens with zero attached hydrogens (tertiary/aromatic N) is 1. The highest BCUT2D eigenvalue weighted by molar-refractivity contribution is 7.85. The maximum atomic E-state index is 10.4. The van der Waals surface area contributed by atoms with Gasteiger partial charge in [0.1, 0.15) is 0 Å². The van der Waals surface area contributed by atoms with Crippen LogP contribution < -0.4 is 0 Å². The molecule has 0 fully saturated rings. The molecule has 0 amide bonds. The van der Waals surface area contributed by atoms with Crippen LogP contribution in [-0.2, 0) is 10.1 Å². The molecule has 0 unspecified atom stereocenters. The fourth-order valence-corrected chi connectivity index (χ4v) is 0.976. The van der Waals surface area contributed by atoms with Crippen LogP contribution in [0.4, 0.5) is 0 Å². The fourth-order valence-electron chi connectivity index (χ4n) is 0.510. The first-order chi connectivity index (χ1) is 4.61. The highest BCUT2D eigenvalue weighted by Crippen LogP contribution is 2.03. The average molecular weight is 175 g/mol. The van der Waals surface area contributed by atoms with Gasteiger partial charge in [0.25, 0.3) is 10.1 Å². The molecule has 1 aromatic heterocycles. The first-order valence-corrected chi connectivity index (χ1v) is 3.92. The van der Waals surface area contributed by atoms with Gasteiger partial charge in [0.15, 0.2) is 0 Å². The highest BCUT2D eigenvalue weighted by Gasteiger charge is 2.06. The summed E-state index contributed by atoms with van der Waals surface area (Å²) in [6, 6.07) is 2.44. The van der Waals surface area contributed by atoms with Crippen LogP contribution >= 0.6 is 0 Å². The molecular weight excluding hydrogens is 166 g/mol. The Balaban J connectivity index is 0.000001000. The minimum absolute atomic E-state index is 0. The molecule has 11 heavy (non-hydrogen) atoms. The van der Waals surface area contributed by atoms with Gasteiger partial charge in [-0.05, 0) is 12.1 Å². The minimum Gasteiger partial charge on any atom is -0.282 e. The Labute approximate surface area is 65.7 Å². The van der Waals surface area contributed by atoms with Gasteiger partial charge in [0.2, 0.25) is 0 Å². The van der Waals surface area contributed by atoms with Crippen molar-refractivity contribution in [2.24, 2.45) is 0 Å². The second kappa shape index (κ2) is 3.45. The molecule has 0 radical (unpaired) electrons. The molecule has 0 atom stereocenters. The SMILES string of the molecule is C.O=S(=O)(O)c1ccncc1. The molecule has 0 aromatic carbocycles. The third kappa shape index (κ3) is 2.65. The molecule has 62 valence electrons.